The Morgan fingerprint density at radius 1 is 1.00 bits per heavy atom. The van der Waals surface area contributed by atoms with Crippen LogP contribution in [0.5, 0.6) is 5.75 Å². The zero-order chi connectivity index (χ0) is 22.6. The molecule has 1 saturated heterocycles. The van der Waals surface area contributed by atoms with Crippen molar-refractivity contribution in [1.29, 1.82) is 0 Å². The van der Waals surface area contributed by atoms with Crippen LogP contribution in [-0.2, 0) is 4.79 Å². The highest BCUT2D eigenvalue weighted by Crippen LogP contribution is 2.27. The molecule has 0 aliphatic carbocycles. The molecule has 0 aromatic heterocycles. The van der Waals surface area contributed by atoms with Crippen molar-refractivity contribution >= 4 is 29.5 Å². The Balaban J connectivity index is 1.60. The molecule has 2 aromatic carbocycles. The maximum absolute atomic E-state index is 13.2. The molecule has 31 heavy (non-hydrogen) atoms. The maximum Gasteiger partial charge on any atom is 0.573 e. The predicted octanol–water partition coefficient (Wildman–Crippen LogP) is 4.38. The molecule has 0 bridgehead atoms. The van der Waals surface area contributed by atoms with Crippen LogP contribution in [0, 0.1) is 5.82 Å². The molecule has 10 heteroatoms. The molecule has 1 aliphatic heterocycles. The average Bonchev–Trinajstić information content (AvgIpc) is 2.71. The number of hydrogen-bond acceptors (Lipinski definition) is 3. The van der Waals surface area contributed by atoms with Gasteiger partial charge in [-0.3, -0.25) is 9.59 Å². The monoisotopic (exact) mass is 456 g/mol. The van der Waals surface area contributed by atoms with Gasteiger partial charge in [0.25, 0.3) is 5.91 Å². The Bertz CT molecular complexity index is 1000. The van der Waals surface area contributed by atoms with E-state index >= 15 is 0 Å². The molecule has 1 aliphatic rings. The number of nitrogens with zero attached hydrogens (tertiary/aromatic N) is 2. The summed E-state index contributed by atoms with van der Waals surface area (Å²) in [4.78, 5) is 28.0. The highest BCUT2D eigenvalue weighted by Gasteiger charge is 2.32. The lowest BCUT2D eigenvalue weighted by molar-refractivity contribution is -0.274. The number of hydrogen-bond donors (Lipinski definition) is 0. The van der Waals surface area contributed by atoms with Gasteiger partial charge in [-0.1, -0.05) is 29.8 Å². The largest absolute Gasteiger partial charge is 0.573 e. The van der Waals surface area contributed by atoms with E-state index in [1.807, 2.05) is 0 Å². The van der Waals surface area contributed by atoms with Crippen molar-refractivity contribution in [3.05, 3.63) is 70.5 Å². The molecule has 2 aromatic rings. The van der Waals surface area contributed by atoms with Crippen LogP contribution in [-0.4, -0.2) is 54.2 Å². The Morgan fingerprint density at radius 3 is 2.29 bits per heavy atom. The third kappa shape index (κ3) is 5.97. The molecule has 0 N–H and O–H groups in total. The Labute approximate surface area is 180 Å². The van der Waals surface area contributed by atoms with Gasteiger partial charge < -0.3 is 14.5 Å². The molecule has 0 unspecified atom stereocenters. The van der Waals surface area contributed by atoms with E-state index in [4.69, 9.17) is 11.6 Å². The topological polar surface area (TPSA) is 49.9 Å². The minimum absolute atomic E-state index is 0.00572. The molecule has 2 amide bonds. The zero-order valence-corrected chi connectivity index (χ0v) is 16.8. The third-order valence-corrected chi connectivity index (χ3v) is 4.90. The number of amides is 2. The molecule has 0 atom stereocenters. The van der Waals surface area contributed by atoms with E-state index in [9.17, 15) is 27.2 Å². The summed E-state index contributed by atoms with van der Waals surface area (Å²) in [5.41, 5.74) is 0.275. The number of carbonyl (C=O) groups excluding carboxylic acids is 2. The highest BCUT2D eigenvalue weighted by molar-refractivity contribution is 6.33. The van der Waals surface area contributed by atoms with Crippen LogP contribution in [0.1, 0.15) is 15.9 Å². The van der Waals surface area contributed by atoms with Crippen molar-refractivity contribution in [3.8, 4) is 5.75 Å². The molecule has 164 valence electrons. The standard InChI is InChI=1S/C21H17ClF4N2O3/c22-17-13-15(23)6-7-16(17)20(30)28-11-9-27(10-12-28)19(29)8-5-14-3-1-2-4-18(14)31-21(24,25)26/h1-8,13H,9-12H2/b8-5+. The second-order valence-corrected chi connectivity index (χ2v) is 7.07. The average molecular weight is 457 g/mol. The van der Waals surface area contributed by atoms with E-state index in [1.54, 1.807) is 0 Å². The fraction of sp³-hybridized carbons (Fsp3) is 0.238. The summed E-state index contributed by atoms with van der Waals surface area (Å²) in [5.74, 6) is -1.74. The van der Waals surface area contributed by atoms with Gasteiger partial charge in [0.1, 0.15) is 11.6 Å². The molecule has 1 heterocycles. The summed E-state index contributed by atoms with van der Waals surface area (Å²) in [5, 5.41) is 0.00572. The van der Waals surface area contributed by atoms with Crippen LogP contribution in [0.2, 0.25) is 5.02 Å². The number of benzene rings is 2. The summed E-state index contributed by atoms with van der Waals surface area (Å²) >= 11 is 5.93. The first-order chi connectivity index (χ1) is 14.6. The van der Waals surface area contributed by atoms with Gasteiger partial charge in [-0.25, -0.2) is 4.39 Å². The quantitative estimate of drug-likeness (QED) is 0.507. The summed E-state index contributed by atoms with van der Waals surface area (Å²) < 4.78 is 54.6. The smallest absolute Gasteiger partial charge is 0.405 e. The number of piperazine rings is 1. The van der Waals surface area contributed by atoms with Gasteiger partial charge in [0.15, 0.2) is 0 Å². The summed E-state index contributed by atoms with van der Waals surface area (Å²) in [6.45, 7) is 0.933. The van der Waals surface area contributed by atoms with E-state index in [-0.39, 0.29) is 48.2 Å². The molecule has 3 rings (SSSR count). The van der Waals surface area contributed by atoms with Crippen molar-refractivity contribution < 1.29 is 31.9 Å². The summed E-state index contributed by atoms with van der Waals surface area (Å²) in [6, 6.07) is 8.98. The van der Waals surface area contributed by atoms with E-state index in [0.29, 0.717) is 0 Å². The van der Waals surface area contributed by atoms with Crippen molar-refractivity contribution in [2.45, 2.75) is 6.36 Å². The number of alkyl halides is 3. The molecule has 0 radical (unpaired) electrons. The Hall–Kier alpha value is -3.07. The van der Waals surface area contributed by atoms with Crippen molar-refractivity contribution in [3.63, 3.8) is 0 Å². The minimum atomic E-state index is -4.84. The fourth-order valence-electron chi connectivity index (χ4n) is 3.07. The number of halogens is 5. The van der Waals surface area contributed by atoms with Gasteiger partial charge in [-0.15, -0.1) is 13.2 Å². The van der Waals surface area contributed by atoms with Gasteiger partial charge in [-0.05, 0) is 30.3 Å². The molecular weight excluding hydrogens is 440 g/mol. The lowest BCUT2D eigenvalue weighted by Crippen LogP contribution is -2.50. The SMILES string of the molecule is O=C(/C=C/c1ccccc1OC(F)(F)F)N1CCN(C(=O)c2ccc(F)cc2Cl)CC1. The Morgan fingerprint density at radius 2 is 1.65 bits per heavy atom. The lowest BCUT2D eigenvalue weighted by Gasteiger charge is -2.34. The van der Waals surface area contributed by atoms with Crippen LogP contribution in [0.4, 0.5) is 17.6 Å². The second-order valence-electron chi connectivity index (χ2n) is 6.66. The first-order valence-electron chi connectivity index (χ1n) is 9.20. The number of ether oxygens (including phenoxy) is 1. The van der Waals surface area contributed by atoms with E-state index in [2.05, 4.69) is 4.74 Å². The van der Waals surface area contributed by atoms with E-state index in [0.717, 1.165) is 24.3 Å². The second kappa shape index (κ2) is 9.38. The highest BCUT2D eigenvalue weighted by atomic mass is 35.5. The maximum atomic E-state index is 13.2. The lowest BCUT2D eigenvalue weighted by atomic mass is 10.1. The number of carbonyl (C=O) groups is 2. The van der Waals surface area contributed by atoms with E-state index < -0.39 is 23.8 Å². The fourth-order valence-corrected chi connectivity index (χ4v) is 3.31. The van der Waals surface area contributed by atoms with Gasteiger partial charge in [0.05, 0.1) is 10.6 Å². The normalized spacial score (nSPS) is 14.7. The van der Waals surface area contributed by atoms with Crippen LogP contribution >= 0.6 is 11.6 Å². The van der Waals surface area contributed by atoms with Crippen LogP contribution in [0.25, 0.3) is 6.08 Å². The summed E-state index contributed by atoms with van der Waals surface area (Å²) in [7, 11) is 0. The van der Waals surface area contributed by atoms with Crippen LogP contribution < -0.4 is 4.74 Å². The number of para-hydroxylation sites is 1. The van der Waals surface area contributed by atoms with Gasteiger partial charge in [0.2, 0.25) is 5.91 Å². The Kier molecular flexibility index (Phi) is 6.84. The van der Waals surface area contributed by atoms with Crippen LogP contribution in [0.15, 0.2) is 48.5 Å². The van der Waals surface area contributed by atoms with Gasteiger partial charge >= 0.3 is 6.36 Å². The third-order valence-electron chi connectivity index (χ3n) is 4.59. The van der Waals surface area contributed by atoms with Gasteiger partial charge in [-0.2, -0.15) is 0 Å². The summed E-state index contributed by atoms with van der Waals surface area (Å²) in [6.07, 6.45) is -2.43. The molecule has 5 nitrogen and oxygen atoms in total. The predicted molar refractivity (Wildman–Crippen MR) is 106 cm³/mol. The minimum Gasteiger partial charge on any atom is -0.405 e. The van der Waals surface area contributed by atoms with Crippen molar-refractivity contribution in [2.24, 2.45) is 0 Å². The first-order valence-corrected chi connectivity index (χ1v) is 9.58. The molecular formula is C21H17ClF4N2O3. The zero-order valence-electron chi connectivity index (χ0n) is 16.0. The van der Waals surface area contributed by atoms with Gasteiger partial charge in [0, 0.05) is 37.8 Å². The van der Waals surface area contributed by atoms with E-state index in [1.165, 1.54) is 40.1 Å². The van der Waals surface area contributed by atoms with Crippen molar-refractivity contribution in [2.75, 3.05) is 26.2 Å². The molecule has 0 saturated carbocycles. The van der Waals surface area contributed by atoms with Crippen molar-refractivity contribution in [1.82, 2.24) is 9.80 Å². The first kappa shape index (κ1) is 22.6. The van der Waals surface area contributed by atoms with Crippen LogP contribution in [0.3, 0.4) is 0 Å². The number of rotatable bonds is 4. The molecule has 0 spiro atoms. The molecule has 1 fully saturated rings.